The average Bonchev–Trinajstić information content (AvgIpc) is 2.50. The number of carbonyl (C=O) groups is 3. The molecule has 7 heteroatoms. The van der Waals surface area contributed by atoms with Crippen LogP contribution in [0.4, 0.5) is 0 Å². The highest BCUT2D eigenvalue weighted by atomic mass is 16.5. The van der Waals surface area contributed by atoms with Crippen molar-refractivity contribution in [2.75, 3.05) is 34.4 Å². The molecule has 1 N–H and O–H groups in total. The first-order valence-electron chi connectivity index (χ1n) is 7.09. The van der Waals surface area contributed by atoms with Gasteiger partial charge in [0, 0.05) is 19.7 Å². The number of hydrogen-bond acceptors (Lipinski definition) is 5. The molecule has 0 bridgehead atoms. The minimum absolute atomic E-state index is 0.00869. The van der Waals surface area contributed by atoms with E-state index in [9.17, 15) is 14.4 Å². The van der Waals surface area contributed by atoms with Crippen molar-refractivity contribution in [1.29, 1.82) is 0 Å². The first-order valence-corrected chi connectivity index (χ1v) is 7.09. The number of amides is 2. The molecule has 0 aromatic heterocycles. The standard InChI is InChI=1S/C16H22N2O5/c1-11-5-6-13(22-4)12(7-11)8-16(21)23-10-14(19)17-9-15(20)18(2)3/h5-7H,8-10H2,1-4H3,(H,17,19). The van der Waals surface area contributed by atoms with Crippen LogP contribution in [0.25, 0.3) is 0 Å². The van der Waals surface area contributed by atoms with Crippen LogP contribution in [-0.4, -0.2) is 57.0 Å². The first-order chi connectivity index (χ1) is 10.8. The van der Waals surface area contributed by atoms with Crippen molar-refractivity contribution in [3.8, 4) is 5.75 Å². The SMILES string of the molecule is COc1ccc(C)cc1CC(=O)OCC(=O)NCC(=O)N(C)C. The lowest BCUT2D eigenvalue weighted by molar-refractivity contribution is -0.148. The van der Waals surface area contributed by atoms with Crippen molar-refractivity contribution in [1.82, 2.24) is 10.2 Å². The van der Waals surface area contributed by atoms with Crippen molar-refractivity contribution in [3.63, 3.8) is 0 Å². The maximum absolute atomic E-state index is 11.8. The van der Waals surface area contributed by atoms with Crippen molar-refractivity contribution in [2.24, 2.45) is 0 Å². The Labute approximate surface area is 135 Å². The highest BCUT2D eigenvalue weighted by Gasteiger charge is 2.13. The van der Waals surface area contributed by atoms with Crippen LogP contribution in [0.2, 0.25) is 0 Å². The van der Waals surface area contributed by atoms with Gasteiger partial charge in [-0.25, -0.2) is 0 Å². The summed E-state index contributed by atoms with van der Waals surface area (Å²) in [6.07, 6.45) is 0.00869. The molecule has 0 saturated carbocycles. The monoisotopic (exact) mass is 322 g/mol. The number of esters is 1. The smallest absolute Gasteiger partial charge is 0.310 e. The number of methoxy groups -OCH3 is 1. The number of hydrogen-bond donors (Lipinski definition) is 1. The zero-order valence-corrected chi connectivity index (χ0v) is 13.8. The van der Waals surface area contributed by atoms with Crippen LogP contribution < -0.4 is 10.1 Å². The fraction of sp³-hybridized carbons (Fsp3) is 0.438. The molecule has 0 aliphatic rings. The van der Waals surface area contributed by atoms with Crippen molar-refractivity contribution >= 4 is 17.8 Å². The van der Waals surface area contributed by atoms with Gasteiger partial charge in [-0.05, 0) is 13.0 Å². The predicted octanol–water partition coefficient (Wildman–Crippen LogP) is 0.294. The Morgan fingerprint density at radius 2 is 1.91 bits per heavy atom. The summed E-state index contributed by atoms with van der Waals surface area (Å²) < 4.78 is 10.1. The van der Waals surface area contributed by atoms with Gasteiger partial charge in [0.1, 0.15) is 5.75 Å². The number of carbonyl (C=O) groups excluding carboxylic acids is 3. The maximum atomic E-state index is 11.8. The molecule has 0 heterocycles. The molecule has 7 nitrogen and oxygen atoms in total. The van der Waals surface area contributed by atoms with Gasteiger partial charge in [0.05, 0.1) is 20.1 Å². The van der Waals surface area contributed by atoms with Gasteiger partial charge in [-0.15, -0.1) is 0 Å². The number of nitrogens with zero attached hydrogens (tertiary/aromatic N) is 1. The van der Waals surface area contributed by atoms with Crippen molar-refractivity contribution in [2.45, 2.75) is 13.3 Å². The summed E-state index contributed by atoms with van der Waals surface area (Å²) in [5.41, 5.74) is 1.69. The Morgan fingerprint density at radius 3 is 2.52 bits per heavy atom. The van der Waals surface area contributed by atoms with Gasteiger partial charge in [0.15, 0.2) is 6.61 Å². The van der Waals surface area contributed by atoms with Crippen molar-refractivity contribution in [3.05, 3.63) is 29.3 Å². The minimum atomic E-state index is -0.539. The third-order valence-corrected chi connectivity index (χ3v) is 3.07. The van der Waals surface area contributed by atoms with E-state index in [-0.39, 0.29) is 18.9 Å². The van der Waals surface area contributed by atoms with Crippen LogP contribution in [0.5, 0.6) is 5.75 Å². The molecule has 0 spiro atoms. The van der Waals surface area contributed by atoms with Gasteiger partial charge in [-0.2, -0.15) is 0 Å². The van der Waals surface area contributed by atoms with E-state index in [1.165, 1.54) is 12.0 Å². The Morgan fingerprint density at radius 1 is 1.22 bits per heavy atom. The second-order valence-electron chi connectivity index (χ2n) is 5.22. The number of benzene rings is 1. The largest absolute Gasteiger partial charge is 0.496 e. The topological polar surface area (TPSA) is 84.9 Å². The fourth-order valence-electron chi connectivity index (χ4n) is 1.78. The van der Waals surface area contributed by atoms with Gasteiger partial charge in [0.2, 0.25) is 5.91 Å². The summed E-state index contributed by atoms with van der Waals surface area (Å²) in [6, 6.07) is 5.48. The lowest BCUT2D eigenvalue weighted by atomic mass is 10.1. The molecular formula is C16H22N2O5. The third kappa shape index (κ3) is 6.37. The lowest BCUT2D eigenvalue weighted by Crippen LogP contribution is -2.38. The molecule has 23 heavy (non-hydrogen) atoms. The Balaban J connectivity index is 2.44. The Hall–Kier alpha value is -2.57. The van der Waals surface area contributed by atoms with Gasteiger partial charge in [-0.3, -0.25) is 14.4 Å². The zero-order chi connectivity index (χ0) is 17.4. The number of nitrogens with one attached hydrogen (secondary N) is 1. The quantitative estimate of drug-likeness (QED) is 0.730. The molecule has 0 saturated heterocycles. The van der Waals surface area contributed by atoms with E-state index in [1.807, 2.05) is 19.1 Å². The second kappa shape index (κ2) is 8.77. The van der Waals surface area contributed by atoms with Gasteiger partial charge in [0.25, 0.3) is 5.91 Å². The maximum Gasteiger partial charge on any atom is 0.310 e. The molecule has 0 aliphatic heterocycles. The van der Waals surface area contributed by atoms with Gasteiger partial charge >= 0.3 is 5.97 Å². The van der Waals surface area contributed by atoms with Crippen LogP contribution in [0.1, 0.15) is 11.1 Å². The molecule has 0 atom stereocenters. The van der Waals surface area contributed by atoms with E-state index in [1.54, 1.807) is 20.2 Å². The fourth-order valence-corrected chi connectivity index (χ4v) is 1.78. The molecule has 1 aromatic carbocycles. The Bertz CT molecular complexity index is 584. The molecule has 1 rings (SSSR count). The average molecular weight is 322 g/mol. The highest BCUT2D eigenvalue weighted by molar-refractivity contribution is 5.86. The molecule has 0 fully saturated rings. The second-order valence-corrected chi connectivity index (χ2v) is 5.22. The van der Waals surface area contributed by atoms with Crippen LogP contribution in [-0.2, 0) is 25.5 Å². The van der Waals surface area contributed by atoms with Crippen LogP contribution in [0, 0.1) is 6.92 Å². The summed E-state index contributed by atoms with van der Waals surface area (Å²) in [6.45, 7) is 1.35. The number of ether oxygens (including phenoxy) is 2. The van der Waals surface area contributed by atoms with E-state index in [0.29, 0.717) is 11.3 Å². The molecule has 126 valence electrons. The molecule has 0 unspecified atom stereocenters. The van der Waals surface area contributed by atoms with Crippen LogP contribution in [0.15, 0.2) is 18.2 Å². The summed E-state index contributed by atoms with van der Waals surface area (Å²) in [7, 11) is 4.70. The molecule has 2 amide bonds. The van der Waals surface area contributed by atoms with E-state index < -0.39 is 18.5 Å². The summed E-state index contributed by atoms with van der Waals surface area (Å²) in [5.74, 6) is -0.713. The third-order valence-electron chi connectivity index (χ3n) is 3.07. The highest BCUT2D eigenvalue weighted by Crippen LogP contribution is 2.20. The Kier molecular flexibility index (Phi) is 7.05. The zero-order valence-electron chi connectivity index (χ0n) is 13.8. The van der Waals surface area contributed by atoms with E-state index in [0.717, 1.165) is 5.56 Å². The van der Waals surface area contributed by atoms with E-state index >= 15 is 0 Å². The number of rotatable bonds is 7. The van der Waals surface area contributed by atoms with Crippen LogP contribution in [0.3, 0.4) is 0 Å². The van der Waals surface area contributed by atoms with Gasteiger partial charge in [-0.1, -0.05) is 17.7 Å². The number of likely N-dealkylation sites (N-methyl/N-ethyl adjacent to an activating group) is 1. The molecule has 0 aliphatic carbocycles. The summed E-state index contributed by atoms with van der Waals surface area (Å²) in [5, 5.41) is 2.38. The van der Waals surface area contributed by atoms with Gasteiger partial charge < -0.3 is 19.7 Å². The molecule has 1 aromatic rings. The predicted molar refractivity (Wildman–Crippen MR) is 84.1 cm³/mol. The summed E-state index contributed by atoms with van der Waals surface area (Å²) in [4.78, 5) is 36.0. The van der Waals surface area contributed by atoms with Crippen LogP contribution >= 0.6 is 0 Å². The van der Waals surface area contributed by atoms with E-state index in [2.05, 4.69) is 5.32 Å². The van der Waals surface area contributed by atoms with Crippen molar-refractivity contribution < 1.29 is 23.9 Å². The minimum Gasteiger partial charge on any atom is -0.496 e. The normalized spacial score (nSPS) is 9.91. The molecular weight excluding hydrogens is 300 g/mol. The number of aryl methyl sites for hydroxylation is 1. The lowest BCUT2D eigenvalue weighted by Gasteiger charge is -2.11. The summed E-state index contributed by atoms with van der Waals surface area (Å²) >= 11 is 0. The molecule has 0 radical (unpaired) electrons. The van der Waals surface area contributed by atoms with E-state index in [4.69, 9.17) is 9.47 Å². The first kappa shape index (κ1) is 18.5.